The molecule has 0 aliphatic heterocycles. The molecule has 0 atom stereocenters. The number of hydrogen-bond acceptors (Lipinski definition) is 3. The Morgan fingerprint density at radius 3 is 2.36 bits per heavy atom. The molecular formula is C9H18N2O3. The summed E-state index contributed by atoms with van der Waals surface area (Å²) in [6, 6.07) is 0. The Bertz CT molecular complexity index is 204. The molecule has 0 aromatic carbocycles. The summed E-state index contributed by atoms with van der Waals surface area (Å²) in [6.45, 7) is 4.64. The SMILES string of the molecule is CC(C)CNC(=O)CN(C)CC(=O)O. The lowest BCUT2D eigenvalue weighted by molar-refractivity contribution is -0.138. The van der Waals surface area contributed by atoms with Crippen molar-refractivity contribution in [3.63, 3.8) is 0 Å². The number of nitrogens with zero attached hydrogens (tertiary/aromatic N) is 1. The molecule has 82 valence electrons. The van der Waals surface area contributed by atoms with Gasteiger partial charge in [-0.3, -0.25) is 14.5 Å². The zero-order chi connectivity index (χ0) is 11.1. The van der Waals surface area contributed by atoms with Crippen LogP contribution in [0.2, 0.25) is 0 Å². The predicted molar refractivity (Wildman–Crippen MR) is 53.0 cm³/mol. The summed E-state index contributed by atoms with van der Waals surface area (Å²) >= 11 is 0. The Balaban J connectivity index is 3.66. The fourth-order valence-electron chi connectivity index (χ4n) is 0.906. The first-order chi connectivity index (χ1) is 6.41. The van der Waals surface area contributed by atoms with Crippen molar-refractivity contribution in [2.24, 2.45) is 5.92 Å². The van der Waals surface area contributed by atoms with Gasteiger partial charge >= 0.3 is 5.97 Å². The first-order valence-electron chi connectivity index (χ1n) is 4.59. The maximum atomic E-state index is 11.2. The van der Waals surface area contributed by atoms with Crippen molar-refractivity contribution in [2.45, 2.75) is 13.8 Å². The summed E-state index contributed by atoms with van der Waals surface area (Å²) < 4.78 is 0. The van der Waals surface area contributed by atoms with Crippen molar-refractivity contribution in [1.82, 2.24) is 10.2 Å². The lowest BCUT2D eigenvalue weighted by Crippen LogP contribution is -2.38. The Labute approximate surface area is 84.1 Å². The molecule has 0 heterocycles. The molecule has 0 saturated heterocycles. The first-order valence-corrected chi connectivity index (χ1v) is 4.59. The maximum Gasteiger partial charge on any atom is 0.317 e. The highest BCUT2D eigenvalue weighted by molar-refractivity contribution is 5.78. The molecule has 0 spiro atoms. The van der Waals surface area contributed by atoms with Crippen molar-refractivity contribution in [2.75, 3.05) is 26.7 Å². The fourth-order valence-corrected chi connectivity index (χ4v) is 0.906. The van der Waals surface area contributed by atoms with E-state index >= 15 is 0 Å². The van der Waals surface area contributed by atoms with Gasteiger partial charge in [-0.05, 0) is 13.0 Å². The van der Waals surface area contributed by atoms with E-state index in [9.17, 15) is 9.59 Å². The molecule has 0 aromatic heterocycles. The normalized spacial score (nSPS) is 10.6. The third-order valence-electron chi connectivity index (χ3n) is 1.53. The standard InChI is InChI=1S/C9H18N2O3/c1-7(2)4-10-8(12)5-11(3)6-9(13)14/h7H,4-6H2,1-3H3,(H,10,12)(H,13,14). The summed E-state index contributed by atoms with van der Waals surface area (Å²) in [7, 11) is 1.60. The first kappa shape index (κ1) is 12.9. The summed E-state index contributed by atoms with van der Waals surface area (Å²) in [5.41, 5.74) is 0. The zero-order valence-corrected chi connectivity index (χ0v) is 8.91. The molecule has 0 bridgehead atoms. The van der Waals surface area contributed by atoms with E-state index < -0.39 is 5.97 Å². The van der Waals surface area contributed by atoms with E-state index in [1.54, 1.807) is 7.05 Å². The van der Waals surface area contributed by atoms with Crippen LogP contribution >= 0.6 is 0 Å². The van der Waals surface area contributed by atoms with Crippen LogP contribution in [0, 0.1) is 5.92 Å². The number of likely N-dealkylation sites (N-methyl/N-ethyl adjacent to an activating group) is 1. The average Bonchev–Trinajstić information content (AvgIpc) is 1.98. The van der Waals surface area contributed by atoms with Crippen molar-refractivity contribution in [3.8, 4) is 0 Å². The average molecular weight is 202 g/mol. The van der Waals surface area contributed by atoms with Crippen LogP contribution in [0.15, 0.2) is 0 Å². The van der Waals surface area contributed by atoms with Gasteiger partial charge in [-0.15, -0.1) is 0 Å². The largest absolute Gasteiger partial charge is 0.480 e. The van der Waals surface area contributed by atoms with Gasteiger partial charge in [0.2, 0.25) is 5.91 Å². The number of hydrogen-bond donors (Lipinski definition) is 2. The lowest BCUT2D eigenvalue weighted by Gasteiger charge is -2.14. The third kappa shape index (κ3) is 7.54. The molecule has 0 aromatic rings. The van der Waals surface area contributed by atoms with Crippen LogP contribution in [0.25, 0.3) is 0 Å². The Morgan fingerprint density at radius 2 is 1.93 bits per heavy atom. The molecule has 0 radical (unpaired) electrons. The van der Waals surface area contributed by atoms with Crippen LogP contribution in [0.3, 0.4) is 0 Å². The van der Waals surface area contributed by atoms with Crippen LogP contribution in [-0.4, -0.2) is 48.6 Å². The fraction of sp³-hybridized carbons (Fsp3) is 0.778. The second-order valence-corrected chi connectivity index (χ2v) is 3.76. The number of carboxylic acid groups (broad SMARTS) is 1. The van der Waals surface area contributed by atoms with Crippen LogP contribution in [0.4, 0.5) is 0 Å². The second kappa shape index (κ2) is 6.37. The second-order valence-electron chi connectivity index (χ2n) is 3.76. The predicted octanol–water partition coefficient (Wildman–Crippen LogP) is -0.225. The Morgan fingerprint density at radius 1 is 1.36 bits per heavy atom. The highest BCUT2D eigenvalue weighted by Crippen LogP contribution is 1.88. The van der Waals surface area contributed by atoms with Crippen molar-refractivity contribution < 1.29 is 14.7 Å². The monoisotopic (exact) mass is 202 g/mol. The van der Waals surface area contributed by atoms with E-state index in [2.05, 4.69) is 5.32 Å². The minimum absolute atomic E-state index is 0.116. The minimum Gasteiger partial charge on any atom is -0.480 e. The number of nitrogens with one attached hydrogen (secondary N) is 1. The van der Waals surface area contributed by atoms with Gasteiger partial charge in [0.25, 0.3) is 0 Å². The van der Waals surface area contributed by atoms with Gasteiger partial charge in [0.15, 0.2) is 0 Å². The van der Waals surface area contributed by atoms with Gasteiger partial charge in [-0.1, -0.05) is 13.8 Å². The molecule has 0 unspecified atom stereocenters. The van der Waals surface area contributed by atoms with Crippen molar-refractivity contribution in [3.05, 3.63) is 0 Å². The van der Waals surface area contributed by atoms with E-state index in [0.717, 1.165) is 0 Å². The molecule has 2 N–H and O–H groups in total. The number of amides is 1. The van der Waals surface area contributed by atoms with Gasteiger partial charge in [-0.2, -0.15) is 0 Å². The molecule has 0 aliphatic carbocycles. The van der Waals surface area contributed by atoms with E-state index in [-0.39, 0.29) is 19.0 Å². The van der Waals surface area contributed by atoms with E-state index in [1.807, 2.05) is 13.8 Å². The highest BCUT2D eigenvalue weighted by atomic mass is 16.4. The summed E-state index contributed by atoms with van der Waals surface area (Å²) in [6.07, 6.45) is 0. The van der Waals surface area contributed by atoms with E-state index in [1.165, 1.54) is 4.90 Å². The number of aliphatic carboxylic acids is 1. The van der Waals surface area contributed by atoms with Crippen molar-refractivity contribution in [1.29, 1.82) is 0 Å². The molecular weight excluding hydrogens is 184 g/mol. The third-order valence-corrected chi connectivity index (χ3v) is 1.53. The van der Waals surface area contributed by atoms with Crippen LogP contribution in [0.1, 0.15) is 13.8 Å². The zero-order valence-electron chi connectivity index (χ0n) is 8.91. The van der Waals surface area contributed by atoms with Crippen LogP contribution in [0.5, 0.6) is 0 Å². The molecule has 0 fully saturated rings. The molecule has 14 heavy (non-hydrogen) atoms. The number of carbonyl (C=O) groups excluding carboxylic acids is 1. The molecule has 1 amide bonds. The van der Waals surface area contributed by atoms with Gasteiger partial charge in [0.05, 0.1) is 13.1 Å². The summed E-state index contributed by atoms with van der Waals surface area (Å²) in [5.74, 6) is -0.657. The van der Waals surface area contributed by atoms with Crippen LogP contribution in [-0.2, 0) is 9.59 Å². The Kier molecular flexibility index (Phi) is 5.87. The van der Waals surface area contributed by atoms with Gasteiger partial charge < -0.3 is 10.4 Å². The topological polar surface area (TPSA) is 69.6 Å². The van der Waals surface area contributed by atoms with E-state index in [4.69, 9.17) is 5.11 Å². The lowest BCUT2D eigenvalue weighted by atomic mass is 10.2. The summed E-state index contributed by atoms with van der Waals surface area (Å²) in [5, 5.41) is 11.2. The molecule has 5 heteroatoms. The smallest absolute Gasteiger partial charge is 0.317 e. The quantitative estimate of drug-likeness (QED) is 0.624. The number of carboxylic acids is 1. The summed E-state index contributed by atoms with van der Waals surface area (Å²) in [4.78, 5) is 22.9. The number of carbonyl (C=O) groups is 2. The molecule has 0 rings (SSSR count). The van der Waals surface area contributed by atoms with Crippen molar-refractivity contribution >= 4 is 11.9 Å². The van der Waals surface area contributed by atoms with Gasteiger partial charge in [-0.25, -0.2) is 0 Å². The molecule has 0 saturated carbocycles. The molecule has 5 nitrogen and oxygen atoms in total. The van der Waals surface area contributed by atoms with E-state index in [0.29, 0.717) is 12.5 Å². The maximum absolute atomic E-state index is 11.2. The molecule has 0 aliphatic rings. The van der Waals surface area contributed by atoms with Crippen LogP contribution < -0.4 is 5.32 Å². The highest BCUT2D eigenvalue weighted by Gasteiger charge is 2.09. The number of rotatable bonds is 6. The Hall–Kier alpha value is -1.10. The minimum atomic E-state index is -0.927. The van der Waals surface area contributed by atoms with Gasteiger partial charge in [0.1, 0.15) is 0 Å². The van der Waals surface area contributed by atoms with Gasteiger partial charge in [0, 0.05) is 6.54 Å².